The number of nitrogens with zero attached hydrogens (tertiary/aromatic N) is 3. The second-order valence-corrected chi connectivity index (χ2v) is 9.07. The molecule has 2 unspecified atom stereocenters. The normalized spacial score (nSPS) is 18.8. The highest BCUT2D eigenvalue weighted by atomic mass is 16.6. The Bertz CT molecular complexity index is 1040. The number of benzene rings is 1. The molecule has 2 aliphatic heterocycles. The summed E-state index contributed by atoms with van der Waals surface area (Å²) in [4.78, 5) is 65.8. The average molecular weight is 531 g/mol. The first-order chi connectivity index (χ1) is 18.2. The Kier molecular flexibility index (Phi) is 9.91. The summed E-state index contributed by atoms with van der Waals surface area (Å²) >= 11 is 0. The van der Waals surface area contributed by atoms with E-state index in [1.165, 1.54) is 9.80 Å². The third-order valence-electron chi connectivity index (χ3n) is 6.41. The molecule has 0 aliphatic carbocycles. The number of carbonyl (C=O) groups excluding carboxylic acids is 4. The predicted octanol–water partition coefficient (Wildman–Crippen LogP) is -0.0692. The van der Waals surface area contributed by atoms with Gasteiger partial charge in [0.05, 0.1) is 18.3 Å². The summed E-state index contributed by atoms with van der Waals surface area (Å²) in [7, 11) is 0. The van der Waals surface area contributed by atoms with Gasteiger partial charge in [-0.3, -0.25) is 19.3 Å². The lowest BCUT2D eigenvalue weighted by Crippen LogP contribution is -2.71. The molecule has 13 nitrogen and oxygen atoms in total. The third-order valence-corrected chi connectivity index (χ3v) is 6.41. The molecule has 3 rings (SSSR count). The lowest BCUT2D eigenvalue weighted by molar-refractivity contribution is -0.159. The number of hydrogen-bond donors (Lipinski definition) is 4. The van der Waals surface area contributed by atoms with Crippen molar-refractivity contribution in [3.8, 4) is 0 Å². The van der Waals surface area contributed by atoms with E-state index < -0.39 is 48.4 Å². The standard InChI is InChI=1S/C25H34N6O7/c1-17(26)27-10-5-8-19-21(22(34)28-16-20(32)33)31(23(19)35)24(36)29-11-13-30(14-12-29)25(37)38-15-9-18-6-3-2-4-7-18/h2-4,6-7,19,21,27H,1,5,8-16,26H2,(H,28,34)(H,32,33). The number of carboxylic acid groups (broad SMARTS) is 1. The van der Waals surface area contributed by atoms with Gasteiger partial charge in [-0.05, 0) is 18.4 Å². The summed E-state index contributed by atoms with van der Waals surface area (Å²) in [6, 6.07) is 7.87. The van der Waals surface area contributed by atoms with E-state index in [1.54, 1.807) is 0 Å². The van der Waals surface area contributed by atoms with Crippen LogP contribution in [0.5, 0.6) is 0 Å². The molecule has 38 heavy (non-hydrogen) atoms. The highest BCUT2D eigenvalue weighted by Crippen LogP contribution is 2.32. The molecule has 0 saturated carbocycles. The number of amides is 5. The molecule has 1 aromatic rings. The van der Waals surface area contributed by atoms with E-state index in [0.717, 1.165) is 10.5 Å². The Morgan fingerprint density at radius 2 is 1.71 bits per heavy atom. The molecule has 0 spiro atoms. The van der Waals surface area contributed by atoms with E-state index in [-0.39, 0.29) is 38.6 Å². The van der Waals surface area contributed by atoms with Crippen LogP contribution in [0.3, 0.4) is 0 Å². The second kappa shape index (κ2) is 13.3. The zero-order valence-electron chi connectivity index (χ0n) is 21.1. The largest absolute Gasteiger partial charge is 0.480 e. The van der Waals surface area contributed by atoms with E-state index in [9.17, 15) is 24.0 Å². The minimum Gasteiger partial charge on any atom is -0.480 e. The molecule has 2 fully saturated rings. The number of urea groups is 1. The van der Waals surface area contributed by atoms with Crippen LogP contribution in [0, 0.1) is 5.92 Å². The fourth-order valence-corrected chi connectivity index (χ4v) is 4.41. The molecule has 0 aromatic heterocycles. The van der Waals surface area contributed by atoms with E-state index in [2.05, 4.69) is 17.2 Å². The van der Waals surface area contributed by atoms with Crippen molar-refractivity contribution in [3.05, 3.63) is 48.3 Å². The van der Waals surface area contributed by atoms with Crippen molar-refractivity contribution in [2.24, 2.45) is 11.7 Å². The van der Waals surface area contributed by atoms with Crippen LogP contribution in [0.15, 0.2) is 42.7 Å². The van der Waals surface area contributed by atoms with Crippen LogP contribution in [0.4, 0.5) is 9.59 Å². The van der Waals surface area contributed by atoms with Gasteiger partial charge >= 0.3 is 18.1 Å². The number of imide groups is 1. The van der Waals surface area contributed by atoms with Crippen molar-refractivity contribution in [1.82, 2.24) is 25.3 Å². The maximum atomic E-state index is 13.2. The first-order valence-electron chi connectivity index (χ1n) is 12.4. The minimum atomic E-state index is -1.24. The van der Waals surface area contributed by atoms with Crippen molar-refractivity contribution in [1.29, 1.82) is 0 Å². The molecule has 0 bridgehead atoms. The van der Waals surface area contributed by atoms with Crippen molar-refractivity contribution in [3.63, 3.8) is 0 Å². The van der Waals surface area contributed by atoms with Gasteiger partial charge in [0.15, 0.2) is 0 Å². The highest BCUT2D eigenvalue weighted by molar-refractivity contribution is 6.09. The summed E-state index contributed by atoms with van der Waals surface area (Å²) < 4.78 is 5.35. The Hall–Kier alpha value is -4.29. The van der Waals surface area contributed by atoms with E-state index >= 15 is 0 Å². The molecule has 2 aliphatic rings. The van der Waals surface area contributed by atoms with Gasteiger partial charge in [0.1, 0.15) is 12.6 Å². The van der Waals surface area contributed by atoms with E-state index in [4.69, 9.17) is 15.6 Å². The molecular formula is C25H34N6O7. The fourth-order valence-electron chi connectivity index (χ4n) is 4.41. The van der Waals surface area contributed by atoms with Gasteiger partial charge in [0.2, 0.25) is 11.8 Å². The van der Waals surface area contributed by atoms with E-state index in [1.807, 2.05) is 30.3 Å². The number of carboxylic acids is 1. The van der Waals surface area contributed by atoms with Crippen LogP contribution in [-0.4, -0.2) is 102 Å². The van der Waals surface area contributed by atoms with Gasteiger partial charge in [0, 0.05) is 39.1 Å². The molecular weight excluding hydrogens is 496 g/mol. The molecule has 2 atom stereocenters. The summed E-state index contributed by atoms with van der Waals surface area (Å²) in [6.45, 7) is 4.31. The average Bonchev–Trinajstić information content (AvgIpc) is 2.90. The van der Waals surface area contributed by atoms with Crippen LogP contribution < -0.4 is 16.4 Å². The Morgan fingerprint density at radius 1 is 1.05 bits per heavy atom. The molecule has 1 aromatic carbocycles. The maximum absolute atomic E-state index is 13.2. The number of piperazine rings is 1. The zero-order valence-corrected chi connectivity index (χ0v) is 21.1. The van der Waals surface area contributed by atoms with Gasteiger partial charge in [-0.25, -0.2) is 9.59 Å². The summed E-state index contributed by atoms with van der Waals surface area (Å²) in [5, 5.41) is 14.0. The smallest absolute Gasteiger partial charge is 0.409 e. The first kappa shape index (κ1) is 28.3. The number of aliphatic carboxylic acids is 1. The maximum Gasteiger partial charge on any atom is 0.409 e. The molecule has 0 radical (unpaired) electrons. The van der Waals surface area contributed by atoms with Crippen molar-refractivity contribution in [2.45, 2.75) is 25.3 Å². The van der Waals surface area contributed by atoms with Gasteiger partial charge in [0.25, 0.3) is 0 Å². The number of hydrogen-bond acceptors (Lipinski definition) is 8. The first-order valence-corrected chi connectivity index (χ1v) is 12.4. The number of rotatable bonds is 11. The second-order valence-electron chi connectivity index (χ2n) is 9.07. The summed E-state index contributed by atoms with van der Waals surface area (Å²) in [5.74, 6) is -2.93. The lowest BCUT2D eigenvalue weighted by Gasteiger charge is -2.47. The van der Waals surface area contributed by atoms with Crippen molar-refractivity contribution in [2.75, 3.05) is 45.9 Å². The van der Waals surface area contributed by atoms with Gasteiger partial charge in [-0.15, -0.1) is 0 Å². The molecule has 5 N–H and O–H groups in total. The minimum absolute atomic E-state index is 0.160. The van der Waals surface area contributed by atoms with E-state index in [0.29, 0.717) is 25.8 Å². The van der Waals surface area contributed by atoms with Gasteiger partial charge in [-0.1, -0.05) is 36.9 Å². The number of nitrogens with two attached hydrogens (primary N) is 1. The monoisotopic (exact) mass is 530 g/mol. The predicted molar refractivity (Wildman–Crippen MR) is 135 cm³/mol. The van der Waals surface area contributed by atoms with Crippen LogP contribution in [0.2, 0.25) is 0 Å². The topological polar surface area (TPSA) is 175 Å². The van der Waals surface area contributed by atoms with Gasteiger partial charge in [-0.2, -0.15) is 0 Å². The van der Waals surface area contributed by atoms with Crippen LogP contribution in [0.1, 0.15) is 18.4 Å². The SMILES string of the molecule is C=C(N)NCCCC1C(=O)N(C(=O)N2CCN(C(=O)OCCc3ccccc3)CC2)C1C(=O)NCC(=O)O. The lowest BCUT2D eigenvalue weighted by atomic mass is 9.83. The molecule has 13 heteroatoms. The summed E-state index contributed by atoms with van der Waals surface area (Å²) in [5.41, 5.74) is 6.52. The van der Waals surface area contributed by atoms with Crippen molar-refractivity contribution >= 4 is 29.9 Å². The molecule has 2 heterocycles. The number of ether oxygens (including phenoxy) is 1. The quantitative estimate of drug-likeness (QED) is 0.225. The molecule has 206 valence electrons. The Balaban J connectivity index is 1.52. The summed E-state index contributed by atoms with van der Waals surface area (Å²) in [6.07, 6.45) is 0.901. The van der Waals surface area contributed by atoms with Crippen LogP contribution >= 0.6 is 0 Å². The third kappa shape index (κ3) is 7.37. The zero-order chi connectivity index (χ0) is 27.7. The highest BCUT2D eigenvalue weighted by Gasteiger charge is 2.55. The number of β-lactam (4-membered cyclic amide) rings is 1. The molecule has 5 amide bonds. The van der Waals surface area contributed by atoms with Crippen LogP contribution in [-0.2, 0) is 25.5 Å². The Morgan fingerprint density at radius 3 is 2.34 bits per heavy atom. The van der Waals surface area contributed by atoms with Gasteiger partial charge < -0.3 is 36.0 Å². The molecule has 2 saturated heterocycles. The number of carbonyl (C=O) groups is 5. The number of nitrogens with one attached hydrogen (secondary N) is 2. The Labute approximate surface area is 220 Å². The number of likely N-dealkylation sites (tertiary alicyclic amines) is 1. The van der Waals surface area contributed by atoms with Crippen molar-refractivity contribution < 1.29 is 33.8 Å². The fraction of sp³-hybridized carbons (Fsp3) is 0.480. The van der Waals surface area contributed by atoms with Crippen LogP contribution in [0.25, 0.3) is 0 Å².